The van der Waals surface area contributed by atoms with Crippen molar-refractivity contribution in [2.24, 2.45) is 0 Å². The monoisotopic (exact) mass is 555 g/mol. The molecule has 0 heterocycles. The number of amides is 2. The van der Waals surface area contributed by atoms with Gasteiger partial charge in [0.1, 0.15) is 12.6 Å². The molecular weight excluding hydrogens is 522 g/mol. The molecule has 38 heavy (non-hydrogen) atoms. The molecule has 7 nitrogen and oxygen atoms in total. The molecule has 1 atom stereocenters. The molecule has 9 heteroatoms. The average molecular weight is 556 g/mol. The summed E-state index contributed by atoms with van der Waals surface area (Å²) in [6.07, 6.45) is 0.337. The number of rotatable bonds is 10. The largest absolute Gasteiger partial charge is 0.357 e. The smallest absolute Gasteiger partial charge is 0.264 e. The Hall–Kier alpha value is -3.36. The number of hydrogen-bond donors (Lipinski definition) is 1. The van der Waals surface area contributed by atoms with Crippen molar-refractivity contribution in [2.45, 2.75) is 51.6 Å². The Morgan fingerprint density at radius 2 is 1.58 bits per heavy atom. The second-order valence-electron chi connectivity index (χ2n) is 9.27. The number of aryl methyl sites for hydroxylation is 3. The highest BCUT2D eigenvalue weighted by Gasteiger charge is 2.34. The van der Waals surface area contributed by atoms with Crippen LogP contribution in [0.2, 0.25) is 5.02 Å². The van der Waals surface area contributed by atoms with E-state index in [1.54, 1.807) is 56.3 Å². The first kappa shape index (κ1) is 29.2. The Kier molecular flexibility index (Phi) is 9.57. The number of sulfonamides is 1. The van der Waals surface area contributed by atoms with E-state index in [1.807, 2.05) is 26.0 Å². The lowest BCUT2D eigenvalue weighted by molar-refractivity contribution is -0.140. The van der Waals surface area contributed by atoms with E-state index < -0.39 is 28.5 Å². The third-order valence-corrected chi connectivity index (χ3v) is 8.59. The summed E-state index contributed by atoms with van der Waals surface area (Å²) in [7, 11) is -2.61. The Morgan fingerprint density at radius 3 is 2.18 bits per heavy atom. The number of carbonyl (C=O) groups is 2. The summed E-state index contributed by atoms with van der Waals surface area (Å²) < 4.78 is 29.1. The Morgan fingerprint density at radius 1 is 0.947 bits per heavy atom. The van der Waals surface area contributed by atoms with E-state index in [-0.39, 0.29) is 17.3 Å². The number of carbonyl (C=O) groups excluding carboxylic acids is 2. The predicted molar refractivity (Wildman–Crippen MR) is 152 cm³/mol. The fraction of sp³-hybridized carbons (Fsp3) is 0.310. The van der Waals surface area contributed by atoms with Gasteiger partial charge in [0.15, 0.2) is 0 Å². The van der Waals surface area contributed by atoms with Crippen LogP contribution in [-0.4, -0.2) is 44.8 Å². The molecule has 0 bridgehead atoms. The zero-order valence-corrected chi connectivity index (χ0v) is 23.9. The minimum absolute atomic E-state index is 0.0512. The molecule has 0 saturated carbocycles. The molecule has 3 aromatic carbocycles. The maximum absolute atomic E-state index is 14.0. The zero-order chi connectivity index (χ0) is 28.0. The van der Waals surface area contributed by atoms with Crippen LogP contribution in [0.3, 0.4) is 0 Å². The number of nitrogens with one attached hydrogen (secondary N) is 1. The summed E-state index contributed by atoms with van der Waals surface area (Å²) in [5.41, 5.74) is 3.54. The van der Waals surface area contributed by atoms with Crippen LogP contribution < -0.4 is 9.62 Å². The third-order valence-electron chi connectivity index (χ3n) is 6.45. The SMILES string of the molecule is CCC(C(=O)NC)N(Cc1ccccc1Cl)C(=O)CN(c1cc(C)ccc1C)S(=O)(=O)c1ccc(C)cc1. The van der Waals surface area contributed by atoms with Gasteiger partial charge >= 0.3 is 0 Å². The van der Waals surface area contributed by atoms with Crippen molar-refractivity contribution in [2.75, 3.05) is 17.9 Å². The van der Waals surface area contributed by atoms with Crippen molar-refractivity contribution in [1.82, 2.24) is 10.2 Å². The molecule has 0 aromatic heterocycles. The van der Waals surface area contributed by atoms with E-state index >= 15 is 0 Å². The van der Waals surface area contributed by atoms with Crippen molar-refractivity contribution in [3.05, 3.63) is 94.0 Å². The van der Waals surface area contributed by atoms with Gasteiger partial charge in [-0.1, -0.05) is 66.6 Å². The highest BCUT2D eigenvalue weighted by atomic mass is 35.5. The van der Waals surface area contributed by atoms with E-state index in [2.05, 4.69) is 5.32 Å². The molecule has 0 aliphatic rings. The van der Waals surface area contributed by atoms with Crippen molar-refractivity contribution in [3.8, 4) is 0 Å². The molecule has 0 aliphatic heterocycles. The van der Waals surface area contributed by atoms with Crippen molar-refractivity contribution >= 4 is 39.1 Å². The lowest BCUT2D eigenvalue weighted by Gasteiger charge is -2.33. The van der Waals surface area contributed by atoms with Crippen LogP contribution in [0.15, 0.2) is 71.6 Å². The van der Waals surface area contributed by atoms with E-state index in [1.165, 1.54) is 24.1 Å². The predicted octanol–water partition coefficient (Wildman–Crippen LogP) is 5.01. The van der Waals surface area contributed by atoms with Gasteiger partial charge in [0.25, 0.3) is 10.0 Å². The van der Waals surface area contributed by atoms with Crippen LogP contribution >= 0.6 is 11.6 Å². The first-order valence-corrected chi connectivity index (χ1v) is 14.2. The van der Waals surface area contributed by atoms with Crippen molar-refractivity contribution in [1.29, 1.82) is 0 Å². The highest BCUT2D eigenvalue weighted by Crippen LogP contribution is 2.29. The topological polar surface area (TPSA) is 86.8 Å². The highest BCUT2D eigenvalue weighted by molar-refractivity contribution is 7.92. The maximum Gasteiger partial charge on any atom is 0.264 e. The number of halogens is 1. The maximum atomic E-state index is 14.0. The second-order valence-corrected chi connectivity index (χ2v) is 11.5. The van der Waals surface area contributed by atoms with Gasteiger partial charge in [0, 0.05) is 18.6 Å². The van der Waals surface area contributed by atoms with Crippen LogP contribution in [0.4, 0.5) is 5.69 Å². The van der Waals surface area contributed by atoms with Crippen molar-refractivity contribution in [3.63, 3.8) is 0 Å². The van der Waals surface area contributed by atoms with Gasteiger partial charge < -0.3 is 10.2 Å². The fourth-order valence-electron chi connectivity index (χ4n) is 4.24. The molecule has 1 N–H and O–H groups in total. The van der Waals surface area contributed by atoms with Gasteiger partial charge in [-0.2, -0.15) is 0 Å². The summed E-state index contributed by atoms with van der Waals surface area (Å²) in [6, 6.07) is 18.2. The Bertz CT molecular complexity index is 1410. The fourth-order valence-corrected chi connectivity index (χ4v) is 5.90. The van der Waals surface area contributed by atoms with Gasteiger partial charge in [0.05, 0.1) is 10.6 Å². The van der Waals surface area contributed by atoms with Gasteiger partial charge in [-0.3, -0.25) is 13.9 Å². The molecule has 1 unspecified atom stereocenters. The summed E-state index contributed by atoms with van der Waals surface area (Å²) in [6.45, 7) is 6.91. The number of nitrogens with zero attached hydrogens (tertiary/aromatic N) is 2. The van der Waals surface area contributed by atoms with Crippen LogP contribution in [0.5, 0.6) is 0 Å². The minimum Gasteiger partial charge on any atom is -0.357 e. The number of hydrogen-bond acceptors (Lipinski definition) is 4. The normalized spacial score (nSPS) is 12.1. The molecule has 0 spiro atoms. The van der Waals surface area contributed by atoms with Crippen LogP contribution in [0, 0.1) is 20.8 Å². The average Bonchev–Trinajstić information content (AvgIpc) is 2.89. The van der Waals surface area contributed by atoms with Gasteiger partial charge in [-0.25, -0.2) is 8.42 Å². The zero-order valence-electron chi connectivity index (χ0n) is 22.4. The molecule has 0 radical (unpaired) electrons. The van der Waals surface area contributed by atoms with E-state index in [4.69, 9.17) is 11.6 Å². The summed E-state index contributed by atoms with van der Waals surface area (Å²) in [5, 5.41) is 3.07. The van der Waals surface area contributed by atoms with Crippen LogP contribution in [-0.2, 0) is 26.2 Å². The molecule has 2 amide bonds. The standard InChI is InChI=1S/C29H34ClN3O4S/c1-6-26(29(35)31-5)32(18-23-9-7-8-10-25(23)30)28(34)19-33(27-17-21(3)11-14-22(27)4)38(36,37)24-15-12-20(2)13-16-24/h7-17,26H,6,18-19H2,1-5H3,(H,31,35). The Balaban J connectivity index is 2.12. The lowest BCUT2D eigenvalue weighted by atomic mass is 10.1. The molecule has 3 rings (SSSR count). The van der Waals surface area contributed by atoms with Gasteiger partial charge in [-0.15, -0.1) is 0 Å². The first-order valence-electron chi connectivity index (χ1n) is 12.4. The molecule has 3 aromatic rings. The molecule has 0 fully saturated rings. The van der Waals surface area contributed by atoms with Crippen molar-refractivity contribution < 1.29 is 18.0 Å². The van der Waals surface area contributed by atoms with E-state index in [9.17, 15) is 18.0 Å². The van der Waals surface area contributed by atoms with Gasteiger partial charge in [-0.05, 0) is 68.1 Å². The third kappa shape index (κ3) is 6.55. The quantitative estimate of drug-likeness (QED) is 0.381. The summed E-state index contributed by atoms with van der Waals surface area (Å²) in [4.78, 5) is 28.3. The molecule has 202 valence electrons. The first-order chi connectivity index (χ1) is 18.0. The number of anilines is 1. The second kappa shape index (κ2) is 12.5. The summed E-state index contributed by atoms with van der Waals surface area (Å²) >= 11 is 6.39. The number of benzene rings is 3. The summed E-state index contributed by atoms with van der Waals surface area (Å²) in [5.74, 6) is -0.857. The Labute approximate surface area is 230 Å². The van der Waals surface area contributed by atoms with Crippen LogP contribution in [0.1, 0.15) is 35.6 Å². The van der Waals surface area contributed by atoms with Gasteiger partial charge in [0.2, 0.25) is 11.8 Å². The molecule has 0 saturated heterocycles. The number of likely N-dealkylation sites (N-methyl/N-ethyl adjacent to an activating group) is 1. The molecular formula is C29H34ClN3O4S. The minimum atomic E-state index is -4.12. The van der Waals surface area contributed by atoms with E-state index in [0.717, 1.165) is 15.4 Å². The van der Waals surface area contributed by atoms with Crippen LogP contribution in [0.25, 0.3) is 0 Å². The van der Waals surface area contributed by atoms with E-state index in [0.29, 0.717) is 28.3 Å². The molecule has 0 aliphatic carbocycles. The lowest BCUT2D eigenvalue weighted by Crippen LogP contribution is -2.51.